The zero-order chi connectivity index (χ0) is 12.8. The lowest BCUT2D eigenvalue weighted by atomic mass is 9.85. The molecule has 2 fully saturated rings. The zero-order valence-corrected chi connectivity index (χ0v) is 10.2. The number of carbonyl (C=O) groups excluding carboxylic acids is 1. The Balaban J connectivity index is 1.55. The molecule has 1 saturated carbocycles. The fourth-order valence-corrected chi connectivity index (χ4v) is 2.65. The van der Waals surface area contributed by atoms with Crippen LogP contribution in [0.15, 0.2) is 24.3 Å². The number of amides is 1. The van der Waals surface area contributed by atoms with Crippen molar-refractivity contribution in [2.45, 2.75) is 24.8 Å². The molecule has 1 aromatic rings. The average molecular weight is 248 g/mol. The summed E-state index contributed by atoms with van der Waals surface area (Å²) in [6.45, 7) is 1.36. The minimum absolute atomic E-state index is 0.0864. The molecular weight excluding hydrogens is 231 g/mol. The van der Waals surface area contributed by atoms with Crippen molar-refractivity contribution in [1.29, 1.82) is 0 Å². The molecule has 0 bridgehead atoms. The first-order valence-corrected chi connectivity index (χ1v) is 6.38. The van der Waals surface area contributed by atoms with Crippen LogP contribution in [-0.2, 0) is 11.2 Å². The minimum Gasteiger partial charge on any atom is -0.339 e. The van der Waals surface area contributed by atoms with E-state index in [1.54, 1.807) is 12.1 Å². The third-order valence-electron chi connectivity index (χ3n) is 3.98. The van der Waals surface area contributed by atoms with E-state index in [1.807, 2.05) is 4.90 Å². The molecule has 2 aliphatic rings. The van der Waals surface area contributed by atoms with Gasteiger partial charge in [0.2, 0.25) is 5.91 Å². The van der Waals surface area contributed by atoms with Crippen LogP contribution in [0.4, 0.5) is 4.39 Å². The summed E-state index contributed by atoms with van der Waals surface area (Å²) >= 11 is 0. The average Bonchev–Trinajstić information content (AvgIpc) is 3.12. The Bertz CT molecular complexity index is 461. The van der Waals surface area contributed by atoms with Gasteiger partial charge in [-0.15, -0.1) is 0 Å². The summed E-state index contributed by atoms with van der Waals surface area (Å²) in [7, 11) is 0. The Morgan fingerprint density at radius 2 is 1.94 bits per heavy atom. The number of halogens is 1. The Hall–Kier alpha value is -1.42. The number of likely N-dealkylation sites (tertiary alicyclic amines) is 1. The van der Waals surface area contributed by atoms with E-state index in [0.717, 1.165) is 5.56 Å². The monoisotopic (exact) mass is 248 g/mol. The highest BCUT2D eigenvalue weighted by Crippen LogP contribution is 2.42. The van der Waals surface area contributed by atoms with Crippen LogP contribution in [0, 0.1) is 11.7 Å². The Morgan fingerprint density at radius 1 is 1.33 bits per heavy atom. The number of hydrogen-bond acceptors (Lipinski definition) is 2. The molecule has 0 unspecified atom stereocenters. The number of hydrogen-bond donors (Lipinski definition) is 1. The molecule has 1 amide bonds. The molecule has 0 aromatic heterocycles. The molecule has 1 aromatic carbocycles. The standard InChI is InChI=1S/C14H17FN2O/c15-12-5-1-10(2-6-12)7-13(18)17-8-14(16,9-17)11-3-4-11/h1-2,5-6,11H,3-4,7-9,16H2. The van der Waals surface area contributed by atoms with E-state index in [4.69, 9.17) is 5.73 Å². The van der Waals surface area contributed by atoms with Gasteiger partial charge in [0.15, 0.2) is 0 Å². The highest BCUT2D eigenvalue weighted by molar-refractivity contribution is 5.80. The molecule has 1 heterocycles. The minimum atomic E-state index is -0.273. The molecule has 1 aliphatic heterocycles. The SMILES string of the molecule is NC1(C2CC2)CN(C(=O)Cc2ccc(F)cc2)C1. The number of carbonyl (C=O) groups is 1. The van der Waals surface area contributed by atoms with Gasteiger partial charge in [-0.25, -0.2) is 4.39 Å². The summed E-state index contributed by atoms with van der Waals surface area (Å²) in [5.74, 6) is 0.431. The summed E-state index contributed by atoms with van der Waals surface area (Å²) in [6, 6.07) is 6.08. The summed E-state index contributed by atoms with van der Waals surface area (Å²) in [6.07, 6.45) is 2.74. The lowest BCUT2D eigenvalue weighted by Crippen LogP contribution is -2.70. The molecule has 1 aliphatic carbocycles. The van der Waals surface area contributed by atoms with E-state index in [-0.39, 0.29) is 17.3 Å². The van der Waals surface area contributed by atoms with E-state index >= 15 is 0 Å². The van der Waals surface area contributed by atoms with Gasteiger partial charge in [0, 0.05) is 13.1 Å². The van der Waals surface area contributed by atoms with Crippen molar-refractivity contribution in [2.75, 3.05) is 13.1 Å². The second-order valence-corrected chi connectivity index (χ2v) is 5.56. The number of nitrogens with two attached hydrogens (primary N) is 1. The van der Waals surface area contributed by atoms with Gasteiger partial charge in [-0.3, -0.25) is 4.79 Å². The van der Waals surface area contributed by atoms with Gasteiger partial charge in [-0.05, 0) is 36.5 Å². The number of nitrogens with zero attached hydrogens (tertiary/aromatic N) is 1. The van der Waals surface area contributed by atoms with E-state index < -0.39 is 0 Å². The first kappa shape index (κ1) is 11.7. The van der Waals surface area contributed by atoms with Crippen LogP contribution in [-0.4, -0.2) is 29.4 Å². The van der Waals surface area contributed by atoms with Gasteiger partial charge in [0.1, 0.15) is 5.82 Å². The van der Waals surface area contributed by atoms with Crippen LogP contribution in [0.5, 0.6) is 0 Å². The molecule has 3 nitrogen and oxygen atoms in total. The molecule has 4 heteroatoms. The van der Waals surface area contributed by atoms with Crippen molar-refractivity contribution in [2.24, 2.45) is 11.7 Å². The molecular formula is C14H17FN2O. The van der Waals surface area contributed by atoms with Crippen molar-refractivity contribution >= 4 is 5.91 Å². The first-order valence-electron chi connectivity index (χ1n) is 6.38. The molecule has 18 heavy (non-hydrogen) atoms. The highest BCUT2D eigenvalue weighted by atomic mass is 19.1. The molecule has 2 N–H and O–H groups in total. The lowest BCUT2D eigenvalue weighted by Gasteiger charge is -2.48. The number of rotatable bonds is 3. The van der Waals surface area contributed by atoms with Crippen molar-refractivity contribution in [3.63, 3.8) is 0 Å². The Morgan fingerprint density at radius 3 is 2.50 bits per heavy atom. The van der Waals surface area contributed by atoms with E-state index in [0.29, 0.717) is 25.4 Å². The molecule has 0 atom stereocenters. The second kappa shape index (κ2) is 4.05. The van der Waals surface area contributed by atoms with Crippen molar-refractivity contribution < 1.29 is 9.18 Å². The fraction of sp³-hybridized carbons (Fsp3) is 0.500. The number of benzene rings is 1. The lowest BCUT2D eigenvalue weighted by molar-refractivity contribution is -0.138. The van der Waals surface area contributed by atoms with Crippen molar-refractivity contribution in [3.8, 4) is 0 Å². The molecule has 0 radical (unpaired) electrons. The smallest absolute Gasteiger partial charge is 0.227 e. The van der Waals surface area contributed by atoms with Gasteiger partial charge in [-0.2, -0.15) is 0 Å². The van der Waals surface area contributed by atoms with Crippen molar-refractivity contribution in [1.82, 2.24) is 4.90 Å². The summed E-state index contributed by atoms with van der Waals surface area (Å²) in [4.78, 5) is 13.8. The van der Waals surface area contributed by atoms with Gasteiger partial charge < -0.3 is 10.6 Å². The van der Waals surface area contributed by atoms with Crippen LogP contribution >= 0.6 is 0 Å². The normalized spacial score (nSPS) is 21.6. The largest absolute Gasteiger partial charge is 0.339 e. The van der Waals surface area contributed by atoms with Crippen LogP contribution in [0.1, 0.15) is 18.4 Å². The molecule has 3 rings (SSSR count). The van der Waals surface area contributed by atoms with Crippen LogP contribution in [0.25, 0.3) is 0 Å². The van der Waals surface area contributed by atoms with Crippen molar-refractivity contribution in [3.05, 3.63) is 35.6 Å². The third-order valence-corrected chi connectivity index (χ3v) is 3.98. The Labute approximate surface area is 106 Å². The summed E-state index contributed by atoms with van der Waals surface area (Å²) in [5.41, 5.74) is 6.93. The van der Waals surface area contributed by atoms with E-state index in [2.05, 4.69) is 0 Å². The predicted molar refractivity (Wildman–Crippen MR) is 66.3 cm³/mol. The fourth-order valence-electron chi connectivity index (χ4n) is 2.65. The maximum absolute atomic E-state index is 12.7. The maximum atomic E-state index is 12.7. The zero-order valence-electron chi connectivity index (χ0n) is 10.2. The van der Waals surface area contributed by atoms with E-state index in [9.17, 15) is 9.18 Å². The quantitative estimate of drug-likeness (QED) is 0.877. The van der Waals surface area contributed by atoms with Crippen LogP contribution in [0.3, 0.4) is 0 Å². The highest BCUT2D eigenvalue weighted by Gasteiger charge is 2.51. The van der Waals surface area contributed by atoms with Gasteiger partial charge in [-0.1, -0.05) is 12.1 Å². The van der Waals surface area contributed by atoms with Crippen LogP contribution < -0.4 is 5.73 Å². The molecule has 0 spiro atoms. The summed E-state index contributed by atoms with van der Waals surface area (Å²) in [5, 5.41) is 0. The molecule has 1 saturated heterocycles. The van der Waals surface area contributed by atoms with Gasteiger partial charge >= 0.3 is 0 Å². The topological polar surface area (TPSA) is 46.3 Å². The van der Waals surface area contributed by atoms with Gasteiger partial charge in [0.05, 0.1) is 12.0 Å². The van der Waals surface area contributed by atoms with Gasteiger partial charge in [0.25, 0.3) is 0 Å². The first-order chi connectivity index (χ1) is 8.57. The second-order valence-electron chi connectivity index (χ2n) is 5.56. The third kappa shape index (κ3) is 2.12. The van der Waals surface area contributed by atoms with Crippen LogP contribution in [0.2, 0.25) is 0 Å². The maximum Gasteiger partial charge on any atom is 0.227 e. The predicted octanol–water partition coefficient (Wildman–Crippen LogP) is 1.32. The summed E-state index contributed by atoms with van der Waals surface area (Å²) < 4.78 is 12.7. The molecule has 96 valence electrons. The van der Waals surface area contributed by atoms with E-state index in [1.165, 1.54) is 25.0 Å². The Kier molecular flexibility index (Phi) is 2.63.